The first kappa shape index (κ1) is 77.8. The SMILES string of the molecule is CC(C)C(C)C(=O)CC(C)(O)[C@H]1CCC2C3C[C@H](O[C@@H]4O[C@H](C)[C@@H](O)[C@H](O[C@@H]5OC[C@@H](O[C@@H]6O[C@H](CO)[C@H](O)[C@H](O)[C@H]6O[C@@H]6O[C@H](C)[C@H](O)[C@H](O[C@@H]7O[C@H](CO)[C@H](O)[C@H](O)[C@H]7O)[C@H]6O)[C@H](O)[C@H]5O[C@@H]5O[C@H](C)[C@@H](O)[C@H](O)[C@H]5O)[C@H]4O)C4C[C@@H](OS(=O)(=O)O)CC[C@]4(C)C3=CC[C@@]21C. The summed E-state index contributed by atoms with van der Waals surface area (Å²) >= 11 is 0. The van der Waals surface area contributed by atoms with Crippen LogP contribution in [0.4, 0.5) is 0 Å². The molecule has 0 aromatic rings. The number of hydrogen-bond acceptors (Lipinski definition) is 32. The second-order valence-corrected chi connectivity index (χ2v) is 30.9. The van der Waals surface area contributed by atoms with Crippen molar-refractivity contribution in [2.24, 2.45) is 46.3 Å². The van der Waals surface area contributed by atoms with Crippen LogP contribution in [0, 0.1) is 46.3 Å². The number of fused-ring (bicyclic) bond motifs is 5. The smallest absolute Gasteiger partial charge is 0.394 e. The fourth-order valence-electron chi connectivity index (χ4n) is 17.2. The second-order valence-electron chi connectivity index (χ2n) is 29.8. The maximum absolute atomic E-state index is 13.6. The predicted octanol–water partition coefficient (Wildman–Crippen LogP) is -4.61. The van der Waals surface area contributed by atoms with E-state index in [2.05, 4.69) is 19.9 Å². The van der Waals surface area contributed by atoms with Gasteiger partial charge in [0, 0.05) is 12.3 Å². The summed E-state index contributed by atoms with van der Waals surface area (Å²) in [6, 6.07) is 0. The van der Waals surface area contributed by atoms with Crippen LogP contribution in [0.25, 0.3) is 0 Å². The van der Waals surface area contributed by atoms with Crippen LogP contribution in [-0.4, -0.2) is 316 Å². The van der Waals surface area contributed by atoms with Gasteiger partial charge in [0.15, 0.2) is 37.7 Å². The van der Waals surface area contributed by atoms with Gasteiger partial charge >= 0.3 is 10.4 Å². The average Bonchev–Trinajstić information content (AvgIpc) is 1.68. The Bertz CT molecular complexity index is 2790. The molecule has 0 radical (unpaired) electrons. The van der Waals surface area contributed by atoms with Gasteiger partial charge in [0.2, 0.25) is 0 Å². The van der Waals surface area contributed by atoms with E-state index in [1.807, 2.05) is 20.8 Å². The average molecular weight is 1420 g/mol. The number of ketones is 1. The van der Waals surface area contributed by atoms with E-state index < -0.39 is 243 Å². The van der Waals surface area contributed by atoms with Crippen molar-refractivity contribution in [2.45, 2.75) is 310 Å². The number of aliphatic hydroxyl groups is 16. The van der Waals surface area contributed by atoms with Crippen molar-refractivity contribution in [1.82, 2.24) is 0 Å². The van der Waals surface area contributed by atoms with E-state index in [4.69, 9.17) is 61.0 Å². The Labute approximate surface area is 562 Å². The van der Waals surface area contributed by atoms with Crippen molar-refractivity contribution >= 4 is 16.2 Å². The monoisotopic (exact) mass is 1420 g/mol. The number of rotatable bonds is 21. The maximum Gasteiger partial charge on any atom is 0.397 e. The maximum atomic E-state index is 13.6. The number of Topliss-reactive ketones (excluding diaryl/α,β-unsaturated/α-hetero) is 1. The van der Waals surface area contributed by atoms with Gasteiger partial charge in [-0.1, -0.05) is 46.3 Å². The van der Waals surface area contributed by atoms with Crippen LogP contribution in [-0.2, 0) is 76.2 Å². The van der Waals surface area contributed by atoms with Crippen LogP contribution >= 0.6 is 0 Å². The highest BCUT2D eigenvalue weighted by molar-refractivity contribution is 7.80. The zero-order chi connectivity index (χ0) is 71.2. The molecule has 5 unspecified atom stereocenters. The fourth-order valence-corrected chi connectivity index (χ4v) is 17.7. The van der Waals surface area contributed by atoms with E-state index in [0.717, 1.165) is 5.57 Å². The predicted molar refractivity (Wildman–Crippen MR) is 323 cm³/mol. The molecule has 0 aromatic carbocycles. The lowest BCUT2D eigenvalue weighted by atomic mass is 9.47. The summed E-state index contributed by atoms with van der Waals surface area (Å²) in [5.74, 6) is -1.27. The molecule has 0 bridgehead atoms. The van der Waals surface area contributed by atoms with Crippen molar-refractivity contribution < 1.29 is 160 Å². The molecule has 560 valence electrons. The Morgan fingerprint density at radius 2 is 1.05 bits per heavy atom. The minimum Gasteiger partial charge on any atom is -0.394 e. The van der Waals surface area contributed by atoms with E-state index in [1.165, 1.54) is 20.8 Å². The molecule has 4 aliphatic carbocycles. The quantitative estimate of drug-likeness (QED) is 0.0380. The van der Waals surface area contributed by atoms with Gasteiger partial charge in [-0.2, -0.15) is 8.42 Å². The largest absolute Gasteiger partial charge is 0.397 e. The van der Waals surface area contributed by atoms with Gasteiger partial charge < -0.3 is 139 Å². The molecule has 10 aliphatic rings. The lowest BCUT2D eigenvalue weighted by Crippen LogP contribution is -2.67. The first-order valence-electron chi connectivity index (χ1n) is 33.9. The molecule has 0 spiro atoms. The van der Waals surface area contributed by atoms with E-state index in [9.17, 15) is 99.5 Å². The van der Waals surface area contributed by atoms with E-state index in [1.54, 1.807) is 6.92 Å². The van der Waals surface area contributed by atoms with Crippen molar-refractivity contribution in [3.05, 3.63) is 11.6 Å². The number of carbonyl (C=O) groups excluding carboxylic acids is 1. The molecule has 6 saturated heterocycles. The Morgan fingerprint density at radius 1 is 0.567 bits per heavy atom. The van der Waals surface area contributed by atoms with Crippen LogP contribution in [0.15, 0.2) is 11.6 Å². The zero-order valence-corrected chi connectivity index (χ0v) is 56.6. The lowest BCUT2D eigenvalue weighted by Gasteiger charge is -2.60. The second kappa shape index (κ2) is 30.3. The normalized spacial score (nSPS) is 51.5. The minimum atomic E-state index is -4.92. The highest BCUT2D eigenvalue weighted by Crippen LogP contribution is 2.67. The highest BCUT2D eigenvalue weighted by atomic mass is 32.3. The molecule has 6 aliphatic heterocycles. The molecule has 3 saturated carbocycles. The Balaban J connectivity index is 0.904. The lowest BCUT2D eigenvalue weighted by molar-refractivity contribution is -0.402. The summed E-state index contributed by atoms with van der Waals surface area (Å²) in [4.78, 5) is 13.6. The third-order valence-corrected chi connectivity index (χ3v) is 23.8. The highest BCUT2D eigenvalue weighted by Gasteiger charge is 2.64. The summed E-state index contributed by atoms with van der Waals surface area (Å²) in [6.45, 7) is 13.3. The third-order valence-electron chi connectivity index (χ3n) is 23.3. The van der Waals surface area contributed by atoms with Gasteiger partial charge in [-0.15, -0.1) is 0 Å². The zero-order valence-electron chi connectivity index (χ0n) is 55.8. The fraction of sp³-hybridized carbons (Fsp3) is 0.952. The van der Waals surface area contributed by atoms with Gasteiger partial charge in [-0.3, -0.25) is 9.35 Å². The standard InChI is InChI=1S/C63H104O33S/c1-22(2)23(3)32(66)18-63(9,80)37-11-10-29-28-17-33(31-16-27(96-97(81,82)83)12-14-61(31,7)30(28)13-15-62(29,37)8)88-57-49(78)52(40(69)25(5)86-57)93-59-53(94-55-47(76)44(73)38(67)24(4)85-55)43(72)36(21-84-59)91-60-54(46(75)42(71)35(20-65)90-60)95-58-50(79)51(39(68)26(6)87-58)92-56-48(77)45(74)41(70)34(19-64)89-56/h13,22-29,31,33-60,64-65,67-80H,10-12,14-21H2,1-9H3,(H,81,82,83)/t23?,24-,25-,26-,27+,28?,29?,31?,33+,34-,35-,36-,37+,38-,39+,40-,41+,42+,43+,44+,45+,46+,47-,48-,49-,50-,51+,52+,53-,54-,55+,56+,57+,58+,59+,60+,61-,62+,63?/m1/s1. The molecule has 97 heavy (non-hydrogen) atoms. The number of hydrogen-bond donors (Lipinski definition) is 17. The summed E-state index contributed by atoms with van der Waals surface area (Å²) in [5, 5.41) is 179. The van der Waals surface area contributed by atoms with Gasteiger partial charge in [-0.05, 0) is 113 Å². The van der Waals surface area contributed by atoms with Crippen LogP contribution in [0.1, 0.15) is 114 Å². The Kier molecular flexibility index (Phi) is 24.3. The van der Waals surface area contributed by atoms with E-state index >= 15 is 0 Å². The molecule has 10 rings (SSSR count). The van der Waals surface area contributed by atoms with Crippen LogP contribution in [0.3, 0.4) is 0 Å². The molecular formula is C63H104O33S. The molecule has 17 N–H and O–H groups in total. The molecule has 33 nitrogen and oxygen atoms in total. The van der Waals surface area contributed by atoms with Crippen molar-refractivity contribution in [2.75, 3.05) is 19.8 Å². The summed E-state index contributed by atoms with van der Waals surface area (Å²) in [7, 11) is -4.92. The minimum absolute atomic E-state index is 0.0215. The Hall–Kier alpha value is -1.84. The summed E-state index contributed by atoms with van der Waals surface area (Å²) in [6.07, 6.45) is -49.0. The number of allylic oxidation sites excluding steroid dienone is 2. The number of aliphatic hydroxyl groups excluding tert-OH is 15. The molecule has 6 heterocycles. The van der Waals surface area contributed by atoms with Crippen molar-refractivity contribution in [3.8, 4) is 0 Å². The molecule has 34 heteroatoms. The van der Waals surface area contributed by atoms with Crippen molar-refractivity contribution in [3.63, 3.8) is 0 Å². The van der Waals surface area contributed by atoms with Gasteiger partial charge in [0.05, 0.1) is 55.9 Å². The molecule has 0 aromatic heterocycles. The van der Waals surface area contributed by atoms with Crippen LogP contribution < -0.4 is 0 Å². The summed E-state index contributed by atoms with van der Waals surface area (Å²) < 4.78 is 113. The van der Waals surface area contributed by atoms with Crippen LogP contribution in [0.2, 0.25) is 0 Å². The third kappa shape index (κ3) is 15.4. The van der Waals surface area contributed by atoms with Gasteiger partial charge in [0.1, 0.15) is 128 Å². The number of ether oxygens (including phenoxy) is 12. The summed E-state index contributed by atoms with van der Waals surface area (Å²) in [5.41, 5.74) is -1.40. The first-order chi connectivity index (χ1) is 45.3. The van der Waals surface area contributed by atoms with Gasteiger partial charge in [-0.25, -0.2) is 4.18 Å². The molecule has 39 atom stereocenters. The van der Waals surface area contributed by atoms with Gasteiger partial charge in [0.25, 0.3) is 0 Å². The Morgan fingerprint density at radius 3 is 1.62 bits per heavy atom. The topological polar surface area (TPSA) is 515 Å². The van der Waals surface area contributed by atoms with E-state index in [-0.39, 0.29) is 54.6 Å². The molecule has 9 fully saturated rings. The number of carbonyl (C=O) groups is 1. The van der Waals surface area contributed by atoms with Crippen molar-refractivity contribution in [1.29, 1.82) is 0 Å². The van der Waals surface area contributed by atoms with E-state index in [0.29, 0.717) is 32.1 Å². The molecular weight excluding hydrogens is 1320 g/mol. The first-order valence-corrected chi connectivity index (χ1v) is 35.2. The van der Waals surface area contributed by atoms with Crippen LogP contribution in [0.5, 0.6) is 0 Å². The molecule has 0 amide bonds.